The summed E-state index contributed by atoms with van der Waals surface area (Å²) in [4.78, 5) is 14.1. The molecule has 0 spiro atoms. The first-order valence-corrected chi connectivity index (χ1v) is 6.82. The van der Waals surface area contributed by atoms with Crippen LogP contribution in [0.5, 0.6) is 0 Å². The van der Waals surface area contributed by atoms with Gasteiger partial charge in [-0.05, 0) is 45.7 Å². The van der Waals surface area contributed by atoms with Gasteiger partial charge in [0.15, 0.2) is 0 Å². The van der Waals surface area contributed by atoms with E-state index in [0.29, 0.717) is 18.5 Å². The maximum atomic E-state index is 11.8. The predicted octanol–water partition coefficient (Wildman–Crippen LogP) is 0.960. The Balaban J connectivity index is 2.50. The van der Waals surface area contributed by atoms with Gasteiger partial charge in [0.25, 0.3) is 0 Å². The van der Waals surface area contributed by atoms with Crippen LogP contribution in [-0.4, -0.2) is 42.5 Å². The van der Waals surface area contributed by atoms with E-state index in [1.807, 2.05) is 13.8 Å². The van der Waals surface area contributed by atoms with Crippen molar-refractivity contribution in [3.8, 4) is 0 Å². The van der Waals surface area contributed by atoms with Crippen LogP contribution in [0.1, 0.15) is 40.0 Å². The largest absolute Gasteiger partial charge is 0.353 e. The second kappa shape index (κ2) is 6.97. The summed E-state index contributed by atoms with van der Waals surface area (Å²) >= 11 is 0. The van der Waals surface area contributed by atoms with E-state index in [0.717, 1.165) is 13.1 Å². The molecule has 1 amide bonds. The number of likely N-dealkylation sites (N-methyl/N-ethyl adjacent to an activating group) is 1. The number of carbonyl (C=O) groups excluding carboxylic acids is 1. The van der Waals surface area contributed by atoms with Gasteiger partial charge in [-0.2, -0.15) is 0 Å². The van der Waals surface area contributed by atoms with E-state index in [1.165, 1.54) is 19.3 Å². The van der Waals surface area contributed by atoms with E-state index in [2.05, 4.69) is 17.1 Å². The average Bonchev–Trinajstić information content (AvgIpc) is 2.72. The number of nitrogens with two attached hydrogens (primary N) is 1. The molecule has 0 aliphatic heterocycles. The lowest BCUT2D eigenvalue weighted by molar-refractivity contribution is -0.123. The maximum absolute atomic E-state index is 11.8. The molecule has 2 atom stereocenters. The molecular formula is C13H27N3O. The molecule has 1 fully saturated rings. The van der Waals surface area contributed by atoms with Crippen LogP contribution in [-0.2, 0) is 4.79 Å². The van der Waals surface area contributed by atoms with Crippen molar-refractivity contribution in [2.75, 3.05) is 19.6 Å². The van der Waals surface area contributed by atoms with Crippen molar-refractivity contribution in [2.24, 2.45) is 11.7 Å². The monoisotopic (exact) mass is 241 g/mol. The summed E-state index contributed by atoms with van der Waals surface area (Å²) in [6.45, 7) is 8.28. The summed E-state index contributed by atoms with van der Waals surface area (Å²) in [7, 11) is 0. The van der Waals surface area contributed by atoms with Crippen LogP contribution >= 0.6 is 0 Å². The van der Waals surface area contributed by atoms with Crippen LogP contribution in [0.3, 0.4) is 0 Å². The summed E-state index contributed by atoms with van der Waals surface area (Å²) in [5.41, 5.74) is 5.80. The van der Waals surface area contributed by atoms with Gasteiger partial charge in [-0.25, -0.2) is 0 Å². The first-order chi connectivity index (χ1) is 8.08. The van der Waals surface area contributed by atoms with Crippen molar-refractivity contribution < 1.29 is 4.79 Å². The molecule has 17 heavy (non-hydrogen) atoms. The number of nitrogens with one attached hydrogen (secondary N) is 1. The Morgan fingerprint density at radius 1 is 1.47 bits per heavy atom. The van der Waals surface area contributed by atoms with Gasteiger partial charge < -0.3 is 11.1 Å². The standard InChI is InChI=1S/C13H27N3O/c1-4-16(9-13(17)15-10(2)3)12-7-5-6-11(12)8-14/h10-12H,4-9,14H2,1-3H3,(H,15,17). The van der Waals surface area contributed by atoms with Crippen LogP contribution < -0.4 is 11.1 Å². The molecule has 2 unspecified atom stereocenters. The van der Waals surface area contributed by atoms with Gasteiger partial charge in [0.1, 0.15) is 0 Å². The minimum absolute atomic E-state index is 0.129. The molecule has 1 aliphatic carbocycles. The van der Waals surface area contributed by atoms with Crippen LogP contribution in [0.4, 0.5) is 0 Å². The minimum Gasteiger partial charge on any atom is -0.353 e. The topological polar surface area (TPSA) is 58.4 Å². The molecule has 4 nitrogen and oxygen atoms in total. The van der Waals surface area contributed by atoms with E-state index in [1.54, 1.807) is 0 Å². The SMILES string of the molecule is CCN(CC(=O)NC(C)C)C1CCCC1CN. The lowest BCUT2D eigenvalue weighted by Gasteiger charge is -2.31. The zero-order valence-electron chi connectivity index (χ0n) is 11.4. The van der Waals surface area contributed by atoms with E-state index in [4.69, 9.17) is 5.73 Å². The number of hydrogen-bond donors (Lipinski definition) is 2. The predicted molar refractivity (Wildman–Crippen MR) is 70.7 cm³/mol. The van der Waals surface area contributed by atoms with Crippen LogP contribution in [0, 0.1) is 5.92 Å². The van der Waals surface area contributed by atoms with Crippen molar-refractivity contribution in [2.45, 2.75) is 52.1 Å². The third-order valence-corrected chi connectivity index (χ3v) is 3.59. The van der Waals surface area contributed by atoms with Crippen molar-refractivity contribution >= 4 is 5.91 Å². The third-order valence-electron chi connectivity index (χ3n) is 3.59. The Morgan fingerprint density at radius 2 is 2.18 bits per heavy atom. The smallest absolute Gasteiger partial charge is 0.234 e. The Hall–Kier alpha value is -0.610. The Labute approximate surface area is 105 Å². The number of amides is 1. The fourth-order valence-electron chi connectivity index (χ4n) is 2.79. The zero-order valence-corrected chi connectivity index (χ0v) is 11.4. The van der Waals surface area contributed by atoms with Crippen LogP contribution in [0.2, 0.25) is 0 Å². The van der Waals surface area contributed by atoms with Crippen molar-refractivity contribution in [3.63, 3.8) is 0 Å². The van der Waals surface area contributed by atoms with Crippen molar-refractivity contribution in [3.05, 3.63) is 0 Å². The summed E-state index contributed by atoms with van der Waals surface area (Å²) in [6.07, 6.45) is 3.64. The van der Waals surface area contributed by atoms with Gasteiger partial charge in [-0.1, -0.05) is 13.3 Å². The van der Waals surface area contributed by atoms with E-state index in [9.17, 15) is 4.79 Å². The molecular weight excluding hydrogens is 214 g/mol. The first kappa shape index (κ1) is 14.5. The fourth-order valence-corrected chi connectivity index (χ4v) is 2.79. The minimum atomic E-state index is 0.129. The Morgan fingerprint density at radius 3 is 2.71 bits per heavy atom. The highest BCUT2D eigenvalue weighted by molar-refractivity contribution is 5.78. The van der Waals surface area contributed by atoms with Gasteiger partial charge in [-0.3, -0.25) is 9.69 Å². The molecule has 0 bridgehead atoms. The van der Waals surface area contributed by atoms with Crippen molar-refractivity contribution in [1.82, 2.24) is 10.2 Å². The first-order valence-electron chi connectivity index (χ1n) is 6.82. The molecule has 3 N–H and O–H groups in total. The van der Waals surface area contributed by atoms with Gasteiger partial charge in [0.05, 0.1) is 6.54 Å². The number of nitrogens with zero attached hydrogens (tertiary/aromatic N) is 1. The quantitative estimate of drug-likeness (QED) is 0.728. The van der Waals surface area contributed by atoms with E-state index >= 15 is 0 Å². The number of hydrogen-bond acceptors (Lipinski definition) is 3. The molecule has 1 aliphatic rings. The summed E-state index contributed by atoms with van der Waals surface area (Å²) in [5, 5.41) is 2.95. The fraction of sp³-hybridized carbons (Fsp3) is 0.923. The maximum Gasteiger partial charge on any atom is 0.234 e. The van der Waals surface area contributed by atoms with Crippen molar-refractivity contribution in [1.29, 1.82) is 0 Å². The normalized spacial score (nSPS) is 24.6. The summed E-state index contributed by atoms with van der Waals surface area (Å²) < 4.78 is 0. The van der Waals surface area contributed by atoms with E-state index < -0.39 is 0 Å². The lowest BCUT2D eigenvalue weighted by Crippen LogP contribution is -2.46. The Kier molecular flexibility index (Phi) is 5.92. The zero-order chi connectivity index (χ0) is 12.8. The van der Waals surface area contributed by atoms with Crippen LogP contribution in [0.15, 0.2) is 0 Å². The molecule has 0 saturated heterocycles. The van der Waals surface area contributed by atoms with Gasteiger partial charge in [0.2, 0.25) is 5.91 Å². The van der Waals surface area contributed by atoms with Gasteiger partial charge in [-0.15, -0.1) is 0 Å². The average molecular weight is 241 g/mol. The molecule has 0 radical (unpaired) electrons. The third kappa shape index (κ3) is 4.28. The molecule has 1 rings (SSSR count). The second-order valence-corrected chi connectivity index (χ2v) is 5.28. The number of carbonyl (C=O) groups is 1. The van der Waals surface area contributed by atoms with Crippen LogP contribution in [0.25, 0.3) is 0 Å². The van der Waals surface area contributed by atoms with Gasteiger partial charge >= 0.3 is 0 Å². The highest BCUT2D eigenvalue weighted by Gasteiger charge is 2.31. The molecule has 1 saturated carbocycles. The lowest BCUT2D eigenvalue weighted by atomic mass is 10.0. The molecule has 100 valence electrons. The Bertz CT molecular complexity index is 243. The number of rotatable bonds is 6. The second-order valence-electron chi connectivity index (χ2n) is 5.28. The molecule has 0 aromatic heterocycles. The highest BCUT2D eigenvalue weighted by Crippen LogP contribution is 2.28. The highest BCUT2D eigenvalue weighted by atomic mass is 16.2. The molecule has 4 heteroatoms. The summed E-state index contributed by atoms with van der Waals surface area (Å²) in [6, 6.07) is 0.720. The molecule has 0 aromatic carbocycles. The molecule has 0 heterocycles. The van der Waals surface area contributed by atoms with Gasteiger partial charge in [0, 0.05) is 12.1 Å². The van der Waals surface area contributed by atoms with E-state index in [-0.39, 0.29) is 11.9 Å². The molecule has 0 aromatic rings. The summed E-state index contributed by atoms with van der Waals surface area (Å²) in [5.74, 6) is 0.700.